The van der Waals surface area contributed by atoms with E-state index in [2.05, 4.69) is 59.8 Å². The van der Waals surface area contributed by atoms with Gasteiger partial charge in [-0.3, -0.25) is 9.69 Å². The van der Waals surface area contributed by atoms with Gasteiger partial charge >= 0.3 is 0 Å². The second-order valence-corrected chi connectivity index (χ2v) is 10.2. The fraction of sp³-hybridized carbons (Fsp3) is 0.864. The molecule has 164 valence electrons. The minimum absolute atomic E-state index is 0.122. The van der Waals surface area contributed by atoms with E-state index in [9.17, 15) is 4.79 Å². The van der Waals surface area contributed by atoms with Crippen LogP contribution in [0.4, 0.5) is 0 Å². The van der Waals surface area contributed by atoms with Crippen LogP contribution in [0.1, 0.15) is 77.6 Å². The molecule has 0 saturated heterocycles. The van der Waals surface area contributed by atoms with Crippen LogP contribution in [0.5, 0.6) is 0 Å². The number of amides is 1. The molecule has 2 aliphatic carbocycles. The van der Waals surface area contributed by atoms with E-state index in [1.165, 1.54) is 37.4 Å². The number of hydrogen-bond donors (Lipinski definition) is 1. The van der Waals surface area contributed by atoms with Gasteiger partial charge in [0, 0.05) is 12.6 Å². The molecule has 6 nitrogen and oxygen atoms in total. The monoisotopic (exact) mass is 421 g/mol. The van der Waals surface area contributed by atoms with Crippen LogP contribution >= 0.6 is 11.8 Å². The number of carbonyl (C=O) groups excluding carboxylic acids is 1. The third kappa shape index (κ3) is 5.35. The van der Waals surface area contributed by atoms with Gasteiger partial charge in [-0.2, -0.15) is 0 Å². The van der Waals surface area contributed by atoms with Gasteiger partial charge < -0.3 is 9.88 Å². The number of aromatic nitrogens is 3. The molecule has 2 aliphatic rings. The molecule has 1 N–H and O–H groups in total. The fourth-order valence-electron chi connectivity index (χ4n) is 5.40. The highest BCUT2D eigenvalue weighted by molar-refractivity contribution is 7.99. The number of nitrogens with zero attached hydrogens (tertiary/aromatic N) is 4. The van der Waals surface area contributed by atoms with Crippen LogP contribution < -0.4 is 5.32 Å². The molecule has 5 atom stereocenters. The molecule has 1 aromatic rings. The van der Waals surface area contributed by atoms with Crippen molar-refractivity contribution < 1.29 is 4.79 Å². The Hall–Kier alpha value is -1.08. The first kappa shape index (κ1) is 22.6. The van der Waals surface area contributed by atoms with Crippen LogP contribution in [0.2, 0.25) is 0 Å². The predicted molar refractivity (Wildman–Crippen MR) is 119 cm³/mol. The Morgan fingerprint density at radius 2 is 2.07 bits per heavy atom. The largest absolute Gasteiger partial charge is 0.353 e. The van der Waals surface area contributed by atoms with Gasteiger partial charge in [0.25, 0.3) is 0 Å². The SMILES string of the molecule is CCCCn1c(SCC(=O)N[C@H](C)[C@H]2C[C@H]3CC[C@H]2C3)nnc1[C@H](CC)N(C)C. The van der Waals surface area contributed by atoms with E-state index in [-0.39, 0.29) is 18.0 Å². The van der Waals surface area contributed by atoms with E-state index in [1.54, 1.807) is 0 Å². The third-order valence-electron chi connectivity index (χ3n) is 6.94. The summed E-state index contributed by atoms with van der Waals surface area (Å²) in [6.07, 6.45) is 8.66. The van der Waals surface area contributed by atoms with Crippen LogP contribution in [0.15, 0.2) is 5.16 Å². The number of rotatable bonds is 11. The molecule has 2 saturated carbocycles. The van der Waals surface area contributed by atoms with Gasteiger partial charge in [-0.25, -0.2) is 0 Å². The number of unbranched alkanes of at least 4 members (excludes halogenated alkanes) is 1. The lowest BCUT2D eigenvalue weighted by atomic mass is 9.84. The van der Waals surface area contributed by atoms with Crippen molar-refractivity contribution in [2.45, 2.75) is 89.5 Å². The first-order chi connectivity index (χ1) is 13.9. The molecule has 2 bridgehead atoms. The number of fused-ring (bicyclic) bond motifs is 2. The lowest BCUT2D eigenvalue weighted by Gasteiger charge is -2.28. The number of nitrogens with one attached hydrogen (secondary N) is 1. The highest BCUT2D eigenvalue weighted by Crippen LogP contribution is 2.49. The third-order valence-corrected chi connectivity index (χ3v) is 7.91. The summed E-state index contributed by atoms with van der Waals surface area (Å²) in [5.74, 6) is 3.97. The average molecular weight is 422 g/mol. The van der Waals surface area contributed by atoms with E-state index in [1.807, 2.05) is 0 Å². The number of thioether (sulfide) groups is 1. The van der Waals surface area contributed by atoms with Crippen LogP contribution in [0.25, 0.3) is 0 Å². The van der Waals surface area contributed by atoms with Gasteiger partial charge in [0.05, 0.1) is 11.8 Å². The number of hydrogen-bond acceptors (Lipinski definition) is 5. The van der Waals surface area contributed by atoms with Crippen LogP contribution in [0.3, 0.4) is 0 Å². The van der Waals surface area contributed by atoms with Crippen LogP contribution in [-0.2, 0) is 11.3 Å². The minimum Gasteiger partial charge on any atom is -0.353 e. The summed E-state index contributed by atoms with van der Waals surface area (Å²) in [6.45, 7) is 7.48. The zero-order chi connectivity index (χ0) is 21.0. The summed E-state index contributed by atoms with van der Waals surface area (Å²) in [6, 6.07) is 0.533. The second kappa shape index (κ2) is 10.3. The van der Waals surface area contributed by atoms with Gasteiger partial charge in [-0.1, -0.05) is 38.5 Å². The first-order valence-corrected chi connectivity index (χ1v) is 12.4. The molecule has 1 heterocycles. The smallest absolute Gasteiger partial charge is 0.230 e. The average Bonchev–Trinajstić information content (AvgIpc) is 3.41. The zero-order valence-electron chi connectivity index (χ0n) is 18.9. The zero-order valence-corrected chi connectivity index (χ0v) is 19.7. The maximum atomic E-state index is 12.6. The summed E-state index contributed by atoms with van der Waals surface area (Å²) in [5.41, 5.74) is 0. The molecule has 2 fully saturated rings. The molecule has 1 amide bonds. The molecular weight excluding hydrogens is 382 g/mol. The quantitative estimate of drug-likeness (QED) is 0.545. The Morgan fingerprint density at radius 1 is 1.28 bits per heavy atom. The van der Waals surface area contributed by atoms with E-state index < -0.39 is 0 Å². The van der Waals surface area contributed by atoms with Crippen molar-refractivity contribution in [3.8, 4) is 0 Å². The maximum Gasteiger partial charge on any atom is 0.230 e. The predicted octanol–water partition coefficient (Wildman–Crippen LogP) is 4.12. The molecule has 0 radical (unpaired) electrons. The maximum absolute atomic E-state index is 12.6. The van der Waals surface area contributed by atoms with Gasteiger partial charge in [0.2, 0.25) is 5.91 Å². The molecule has 0 aromatic carbocycles. The molecule has 29 heavy (non-hydrogen) atoms. The van der Waals surface area contributed by atoms with Crippen molar-refractivity contribution in [2.75, 3.05) is 19.8 Å². The van der Waals surface area contributed by atoms with Crippen LogP contribution in [0, 0.1) is 17.8 Å². The highest BCUT2D eigenvalue weighted by Gasteiger charge is 2.42. The normalized spacial score (nSPS) is 25.5. The van der Waals surface area contributed by atoms with Crippen molar-refractivity contribution in [1.29, 1.82) is 0 Å². The fourth-order valence-corrected chi connectivity index (χ4v) is 6.18. The molecular formula is C22H39N5OS. The van der Waals surface area contributed by atoms with Crippen molar-refractivity contribution in [3.05, 3.63) is 5.82 Å². The van der Waals surface area contributed by atoms with Crippen molar-refractivity contribution in [3.63, 3.8) is 0 Å². The Balaban J connectivity index is 1.58. The van der Waals surface area contributed by atoms with Gasteiger partial charge in [-0.05, 0) is 70.9 Å². The van der Waals surface area contributed by atoms with Crippen molar-refractivity contribution in [1.82, 2.24) is 25.0 Å². The summed E-state index contributed by atoms with van der Waals surface area (Å²) in [7, 11) is 4.18. The van der Waals surface area contributed by atoms with Crippen LogP contribution in [-0.4, -0.2) is 51.5 Å². The molecule has 7 heteroatoms. The first-order valence-electron chi connectivity index (χ1n) is 11.5. The summed E-state index contributed by atoms with van der Waals surface area (Å²) >= 11 is 1.52. The van der Waals surface area contributed by atoms with Crippen molar-refractivity contribution in [2.24, 2.45) is 17.8 Å². The molecule has 0 unspecified atom stereocenters. The molecule has 0 spiro atoms. The topological polar surface area (TPSA) is 63.1 Å². The Morgan fingerprint density at radius 3 is 2.66 bits per heavy atom. The summed E-state index contributed by atoms with van der Waals surface area (Å²) < 4.78 is 2.23. The minimum atomic E-state index is 0.122. The second-order valence-electron chi connectivity index (χ2n) is 9.22. The Kier molecular flexibility index (Phi) is 8.02. The summed E-state index contributed by atoms with van der Waals surface area (Å²) in [5, 5.41) is 13.1. The lowest BCUT2D eigenvalue weighted by Crippen LogP contribution is -2.41. The van der Waals surface area contributed by atoms with E-state index >= 15 is 0 Å². The van der Waals surface area contributed by atoms with E-state index in [0.717, 1.165) is 48.6 Å². The highest BCUT2D eigenvalue weighted by atomic mass is 32.2. The van der Waals surface area contributed by atoms with Gasteiger partial charge in [-0.15, -0.1) is 10.2 Å². The van der Waals surface area contributed by atoms with E-state index in [4.69, 9.17) is 0 Å². The molecule has 0 aliphatic heterocycles. The Labute approximate surface area is 180 Å². The Bertz CT molecular complexity index is 676. The summed E-state index contributed by atoms with van der Waals surface area (Å²) in [4.78, 5) is 14.8. The number of carbonyl (C=O) groups is 1. The molecule has 1 aromatic heterocycles. The van der Waals surface area contributed by atoms with Gasteiger partial charge in [0.1, 0.15) is 0 Å². The van der Waals surface area contributed by atoms with Gasteiger partial charge in [0.15, 0.2) is 11.0 Å². The molecule has 3 rings (SSSR count). The standard InChI is InChI=1S/C22H39N5OS/c1-6-8-11-27-21(19(7-2)26(4)5)24-25-22(27)29-14-20(28)23-15(3)18-13-16-9-10-17(18)12-16/h15-19H,6-14H2,1-5H3,(H,23,28)/t15-,16+,17+,18-,19+/m1/s1. The van der Waals surface area contributed by atoms with Crippen molar-refractivity contribution >= 4 is 17.7 Å². The van der Waals surface area contributed by atoms with E-state index in [0.29, 0.717) is 11.7 Å². The lowest BCUT2D eigenvalue weighted by molar-refractivity contribution is -0.119.